The summed E-state index contributed by atoms with van der Waals surface area (Å²) in [5, 5.41) is 7.38. The lowest BCUT2D eigenvalue weighted by molar-refractivity contribution is 0.102. The second-order valence-corrected chi connectivity index (χ2v) is 9.78. The second-order valence-electron chi connectivity index (χ2n) is 9.37. The van der Waals surface area contributed by atoms with E-state index in [1.165, 1.54) is 17.7 Å². The normalized spacial score (nSPS) is 11.3. The molecule has 0 fully saturated rings. The maximum Gasteiger partial charge on any atom is 0.256 e. The van der Waals surface area contributed by atoms with Crippen LogP contribution in [-0.4, -0.2) is 15.7 Å². The van der Waals surface area contributed by atoms with Crippen LogP contribution in [0.1, 0.15) is 47.8 Å². The van der Waals surface area contributed by atoms with Crippen LogP contribution in [0.5, 0.6) is 5.75 Å². The van der Waals surface area contributed by atoms with Crippen LogP contribution < -0.4 is 10.1 Å². The van der Waals surface area contributed by atoms with Gasteiger partial charge in [0.25, 0.3) is 5.91 Å². The number of nitrogens with one attached hydrogen (secondary N) is 1. The molecule has 0 aliphatic heterocycles. The highest BCUT2D eigenvalue weighted by Crippen LogP contribution is 2.25. The van der Waals surface area contributed by atoms with Gasteiger partial charge in [-0.2, -0.15) is 5.10 Å². The van der Waals surface area contributed by atoms with Crippen LogP contribution in [0.2, 0.25) is 5.02 Å². The third-order valence-corrected chi connectivity index (χ3v) is 5.77. The van der Waals surface area contributed by atoms with Crippen molar-refractivity contribution in [1.82, 2.24) is 9.78 Å². The fourth-order valence-electron chi connectivity index (χ4n) is 3.59. The molecule has 4 aromatic rings. The van der Waals surface area contributed by atoms with Crippen LogP contribution in [0, 0.1) is 5.82 Å². The molecule has 3 aromatic carbocycles. The fraction of sp³-hybridized carbons (Fsp3) is 0.214. The van der Waals surface area contributed by atoms with Crippen LogP contribution in [0.3, 0.4) is 0 Å². The summed E-state index contributed by atoms with van der Waals surface area (Å²) in [5.74, 6) is 0.358. The summed E-state index contributed by atoms with van der Waals surface area (Å²) in [6.07, 6.45) is 1.59. The Labute approximate surface area is 209 Å². The molecule has 0 aliphatic rings. The van der Waals surface area contributed by atoms with Gasteiger partial charge in [-0.15, -0.1) is 0 Å². The van der Waals surface area contributed by atoms with E-state index in [4.69, 9.17) is 16.3 Å². The molecule has 0 bridgehead atoms. The molecule has 0 unspecified atom stereocenters. The first-order valence-corrected chi connectivity index (χ1v) is 11.7. The molecule has 0 saturated heterocycles. The van der Waals surface area contributed by atoms with Crippen molar-refractivity contribution in [1.29, 1.82) is 0 Å². The first kappa shape index (κ1) is 24.5. The van der Waals surface area contributed by atoms with Crippen LogP contribution in [0.15, 0.2) is 79.0 Å². The lowest BCUT2D eigenvalue weighted by atomic mass is 9.87. The van der Waals surface area contributed by atoms with Gasteiger partial charge in [0.05, 0.1) is 6.54 Å². The second kappa shape index (κ2) is 10.3. The molecule has 0 saturated carbocycles. The molecule has 1 amide bonds. The van der Waals surface area contributed by atoms with E-state index in [1.54, 1.807) is 41.2 Å². The Hall–Kier alpha value is -3.64. The summed E-state index contributed by atoms with van der Waals surface area (Å²) in [5.41, 5.74) is 3.38. The molecular weight excluding hydrogens is 465 g/mol. The summed E-state index contributed by atoms with van der Waals surface area (Å²) in [4.78, 5) is 12.8. The molecule has 7 heteroatoms. The molecule has 35 heavy (non-hydrogen) atoms. The number of ether oxygens (including phenoxy) is 1. The first-order chi connectivity index (χ1) is 16.7. The highest BCUT2D eigenvalue weighted by atomic mass is 35.5. The van der Waals surface area contributed by atoms with Crippen molar-refractivity contribution >= 4 is 23.3 Å². The SMILES string of the molecule is CC(C)(C)c1ccc(OCc2cccc(C(=O)Nc3nn(Cc4cccc(F)c4)cc3Cl)c2)cc1. The Morgan fingerprint density at radius 3 is 2.46 bits per heavy atom. The van der Waals surface area contributed by atoms with Crippen molar-refractivity contribution in [3.8, 4) is 5.75 Å². The lowest BCUT2D eigenvalue weighted by Crippen LogP contribution is -2.13. The highest BCUT2D eigenvalue weighted by Gasteiger charge is 2.15. The number of aromatic nitrogens is 2. The summed E-state index contributed by atoms with van der Waals surface area (Å²) in [6, 6.07) is 21.5. The van der Waals surface area contributed by atoms with Crippen molar-refractivity contribution in [2.24, 2.45) is 0 Å². The van der Waals surface area contributed by atoms with Gasteiger partial charge in [0.1, 0.15) is 23.2 Å². The van der Waals surface area contributed by atoms with E-state index in [0.29, 0.717) is 23.7 Å². The summed E-state index contributed by atoms with van der Waals surface area (Å²) in [6.45, 7) is 7.17. The van der Waals surface area contributed by atoms with Gasteiger partial charge >= 0.3 is 0 Å². The molecule has 0 radical (unpaired) electrons. The highest BCUT2D eigenvalue weighted by molar-refractivity contribution is 6.33. The Morgan fingerprint density at radius 1 is 1.03 bits per heavy atom. The van der Waals surface area contributed by atoms with E-state index in [-0.39, 0.29) is 23.0 Å². The Balaban J connectivity index is 1.38. The zero-order chi connectivity index (χ0) is 25.0. The van der Waals surface area contributed by atoms with E-state index in [9.17, 15) is 9.18 Å². The maximum atomic E-state index is 13.4. The summed E-state index contributed by atoms with van der Waals surface area (Å²) < 4.78 is 20.9. The van der Waals surface area contributed by atoms with Crippen molar-refractivity contribution in [3.63, 3.8) is 0 Å². The van der Waals surface area contributed by atoms with Crippen LogP contribution >= 0.6 is 11.6 Å². The van der Waals surface area contributed by atoms with Crippen LogP contribution in [-0.2, 0) is 18.6 Å². The number of carbonyl (C=O) groups is 1. The number of hydrogen-bond acceptors (Lipinski definition) is 3. The summed E-state index contributed by atoms with van der Waals surface area (Å²) >= 11 is 6.27. The quantitative estimate of drug-likeness (QED) is 0.307. The lowest BCUT2D eigenvalue weighted by Gasteiger charge is -2.19. The third kappa shape index (κ3) is 6.49. The number of anilines is 1. The molecule has 0 atom stereocenters. The van der Waals surface area contributed by atoms with Crippen molar-refractivity contribution in [3.05, 3.63) is 112 Å². The maximum absolute atomic E-state index is 13.4. The minimum Gasteiger partial charge on any atom is -0.489 e. The summed E-state index contributed by atoms with van der Waals surface area (Å²) in [7, 11) is 0. The molecular formula is C28H27ClFN3O2. The molecule has 1 heterocycles. The number of carbonyl (C=O) groups excluding carboxylic acids is 1. The Kier molecular flexibility index (Phi) is 7.22. The predicted octanol–water partition coefficient (Wildman–Crippen LogP) is 6.85. The molecule has 4 rings (SSSR count). The molecule has 0 spiro atoms. The van der Waals surface area contributed by atoms with Gasteiger partial charge in [0, 0.05) is 11.8 Å². The van der Waals surface area contributed by atoms with E-state index in [1.807, 2.05) is 18.2 Å². The number of rotatable bonds is 7. The smallest absolute Gasteiger partial charge is 0.256 e. The Morgan fingerprint density at radius 2 is 1.74 bits per heavy atom. The predicted molar refractivity (Wildman–Crippen MR) is 137 cm³/mol. The van der Waals surface area contributed by atoms with Gasteiger partial charge in [-0.05, 0) is 58.5 Å². The van der Waals surface area contributed by atoms with Crippen molar-refractivity contribution in [2.45, 2.75) is 39.3 Å². The van der Waals surface area contributed by atoms with Gasteiger partial charge in [0.2, 0.25) is 0 Å². The van der Waals surface area contributed by atoms with E-state index in [2.05, 4.69) is 43.3 Å². The topological polar surface area (TPSA) is 56.1 Å². The molecule has 180 valence electrons. The standard InChI is InChI=1S/C28H27ClFN3O2/c1-28(2,3)22-10-12-24(13-11-22)35-18-20-7-4-8-21(14-20)27(34)31-26-25(29)17-33(32-26)16-19-6-5-9-23(30)15-19/h4-15,17H,16,18H2,1-3H3,(H,31,32,34). The molecule has 5 nitrogen and oxygen atoms in total. The van der Waals surface area contributed by atoms with Crippen molar-refractivity contribution in [2.75, 3.05) is 5.32 Å². The van der Waals surface area contributed by atoms with E-state index < -0.39 is 0 Å². The minimum absolute atomic E-state index is 0.0818. The third-order valence-electron chi connectivity index (χ3n) is 5.50. The molecule has 1 N–H and O–H groups in total. The van der Waals surface area contributed by atoms with Gasteiger partial charge in [-0.1, -0.05) is 68.8 Å². The van der Waals surface area contributed by atoms with Gasteiger partial charge < -0.3 is 10.1 Å². The van der Waals surface area contributed by atoms with Crippen LogP contribution in [0.4, 0.5) is 10.2 Å². The zero-order valence-corrected chi connectivity index (χ0v) is 20.6. The molecule has 0 aliphatic carbocycles. The number of benzene rings is 3. The molecule has 1 aromatic heterocycles. The average molecular weight is 492 g/mol. The number of amides is 1. The minimum atomic E-state index is -0.334. The number of hydrogen-bond donors (Lipinski definition) is 1. The zero-order valence-electron chi connectivity index (χ0n) is 19.9. The van der Waals surface area contributed by atoms with Crippen LogP contribution in [0.25, 0.3) is 0 Å². The van der Waals surface area contributed by atoms with Gasteiger partial charge in [-0.3, -0.25) is 9.48 Å². The van der Waals surface area contributed by atoms with Gasteiger partial charge in [0.15, 0.2) is 5.82 Å². The van der Waals surface area contributed by atoms with Gasteiger partial charge in [-0.25, -0.2) is 4.39 Å². The monoisotopic (exact) mass is 491 g/mol. The Bertz CT molecular complexity index is 1330. The van der Waals surface area contributed by atoms with E-state index >= 15 is 0 Å². The fourth-order valence-corrected chi connectivity index (χ4v) is 3.78. The van der Waals surface area contributed by atoms with Crippen molar-refractivity contribution < 1.29 is 13.9 Å². The number of nitrogens with zero attached hydrogens (tertiary/aromatic N) is 2. The number of halogens is 2. The average Bonchev–Trinajstić information content (AvgIpc) is 3.15. The largest absolute Gasteiger partial charge is 0.489 e. The van der Waals surface area contributed by atoms with E-state index in [0.717, 1.165) is 16.9 Å². The first-order valence-electron chi connectivity index (χ1n) is 11.3.